The van der Waals surface area contributed by atoms with Crippen LogP contribution in [0.1, 0.15) is 98.3 Å². The third-order valence-electron chi connectivity index (χ3n) is 3.58. The molecule has 0 saturated heterocycles. The fraction of sp³-hybridized carbons (Fsp3) is 0.947. The first-order valence-corrected chi connectivity index (χ1v) is 9.70. The second-order valence-electron chi connectivity index (χ2n) is 5.89. The number of amides is 1. The summed E-state index contributed by atoms with van der Waals surface area (Å²) in [6.07, 6.45) is 13.6. The highest BCUT2D eigenvalue weighted by molar-refractivity contribution is 5.75. The quantitative estimate of drug-likeness (QED) is 0.441. The highest BCUT2D eigenvalue weighted by Gasteiger charge is 1.99. The molecule has 0 bridgehead atoms. The number of carbonyl (C=O) groups is 1. The standard InChI is InChI=1S/C15H31NO.C4H11N/c1-3-5-6-7-8-9-10-11-12-13-15(17)16-14-4-2;1-3-5-4-2/h3-14H2,1-2H3,(H,16,17);5H,3-4H2,1-2H3. The van der Waals surface area contributed by atoms with Crippen molar-refractivity contribution in [2.24, 2.45) is 0 Å². The highest BCUT2D eigenvalue weighted by atomic mass is 16.1. The molecule has 0 heterocycles. The van der Waals surface area contributed by atoms with E-state index in [0.29, 0.717) is 0 Å². The van der Waals surface area contributed by atoms with E-state index in [0.717, 1.165) is 38.9 Å². The van der Waals surface area contributed by atoms with Crippen LogP contribution in [-0.4, -0.2) is 25.5 Å². The lowest BCUT2D eigenvalue weighted by Gasteiger charge is -2.03. The Labute approximate surface area is 140 Å². The monoisotopic (exact) mass is 314 g/mol. The van der Waals surface area contributed by atoms with Gasteiger partial charge in [-0.1, -0.05) is 79.1 Å². The molecule has 2 N–H and O–H groups in total. The minimum absolute atomic E-state index is 0.231. The largest absolute Gasteiger partial charge is 0.356 e. The molecule has 0 spiro atoms. The molecule has 0 unspecified atom stereocenters. The predicted octanol–water partition coefficient (Wildman–Crippen LogP) is 5.05. The van der Waals surface area contributed by atoms with Crippen molar-refractivity contribution in [3.05, 3.63) is 0 Å². The molecule has 0 aliphatic rings. The fourth-order valence-corrected chi connectivity index (χ4v) is 2.20. The minimum Gasteiger partial charge on any atom is -0.356 e. The molecule has 0 radical (unpaired) electrons. The summed E-state index contributed by atoms with van der Waals surface area (Å²) in [6.45, 7) is 11.6. The van der Waals surface area contributed by atoms with Crippen LogP contribution in [-0.2, 0) is 4.79 Å². The van der Waals surface area contributed by atoms with Crippen molar-refractivity contribution in [2.45, 2.75) is 98.3 Å². The maximum atomic E-state index is 11.3. The average Bonchev–Trinajstić information content (AvgIpc) is 2.52. The predicted molar refractivity (Wildman–Crippen MR) is 99.4 cm³/mol. The lowest BCUT2D eigenvalue weighted by atomic mass is 10.1. The van der Waals surface area contributed by atoms with Crippen molar-refractivity contribution in [2.75, 3.05) is 19.6 Å². The van der Waals surface area contributed by atoms with Crippen molar-refractivity contribution in [1.29, 1.82) is 0 Å². The van der Waals surface area contributed by atoms with Crippen LogP contribution in [0.15, 0.2) is 0 Å². The number of unbranched alkanes of at least 4 members (excludes halogenated alkanes) is 8. The van der Waals surface area contributed by atoms with Crippen LogP contribution in [0.4, 0.5) is 0 Å². The van der Waals surface area contributed by atoms with E-state index in [1.54, 1.807) is 0 Å². The third-order valence-corrected chi connectivity index (χ3v) is 3.58. The van der Waals surface area contributed by atoms with E-state index in [2.05, 4.69) is 38.3 Å². The van der Waals surface area contributed by atoms with Gasteiger partial charge < -0.3 is 10.6 Å². The van der Waals surface area contributed by atoms with Gasteiger partial charge in [-0.2, -0.15) is 0 Å². The molecule has 0 aromatic rings. The first-order valence-electron chi connectivity index (χ1n) is 9.70. The molecular weight excluding hydrogens is 272 g/mol. The number of hydrogen-bond acceptors (Lipinski definition) is 2. The van der Waals surface area contributed by atoms with E-state index in [1.165, 1.54) is 51.4 Å². The number of hydrogen-bond donors (Lipinski definition) is 2. The zero-order chi connectivity index (χ0) is 16.9. The minimum atomic E-state index is 0.231. The van der Waals surface area contributed by atoms with Crippen LogP contribution in [0.25, 0.3) is 0 Å². The van der Waals surface area contributed by atoms with Crippen molar-refractivity contribution < 1.29 is 4.79 Å². The smallest absolute Gasteiger partial charge is 0.219 e. The number of carbonyl (C=O) groups excluding carboxylic acids is 1. The molecule has 0 fully saturated rings. The summed E-state index contributed by atoms with van der Waals surface area (Å²) in [5.41, 5.74) is 0. The van der Waals surface area contributed by atoms with Gasteiger partial charge in [-0.15, -0.1) is 0 Å². The summed E-state index contributed by atoms with van der Waals surface area (Å²) in [5.74, 6) is 0.231. The SMILES string of the molecule is CCCCCCCCCCCC(=O)NCCC.CCNCC. The zero-order valence-electron chi connectivity index (χ0n) is 15.8. The molecule has 0 rings (SSSR count). The molecule has 22 heavy (non-hydrogen) atoms. The van der Waals surface area contributed by atoms with E-state index in [-0.39, 0.29) is 5.91 Å². The van der Waals surface area contributed by atoms with Crippen molar-refractivity contribution in [1.82, 2.24) is 10.6 Å². The van der Waals surface area contributed by atoms with Crippen molar-refractivity contribution >= 4 is 5.91 Å². The molecule has 1 amide bonds. The van der Waals surface area contributed by atoms with Gasteiger partial charge in [0, 0.05) is 13.0 Å². The fourth-order valence-electron chi connectivity index (χ4n) is 2.20. The summed E-state index contributed by atoms with van der Waals surface area (Å²) in [4.78, 5) is 11.3. The molecular formula is C19H42N2O. The molecule has 0 aliphatic heterocycles. The van der Waals surface area contributed by atoms with E-state index >= 15 is 0 Å². The summed E-state index contributed by atoms with van der Waals surface area (Å²) in [6, 6.07) is 0. The van der Waals surface area contributed by atoms with Crippen LogP contribution in [0.3, 0.4) is 0 Å². The van der Waals surface area contributed by atoms with E-state index in [9.17, 15) is 4.79 Å². The van der Waals surface area contributed by atoms with Crippen LogP contribution >= 0.6 is 0 Å². The maximum absolute atomic E-state index is 11.3. The van der Waals surface area contributed by atoms with Gasteiger partial charge >= 0.3 is 0 Å². The summed E-state index contributed by atoms with van der Waals surface area (Å²) < 4.78 is 0. The molecule has 0 atom stereocenters. The van der Waals surface area contributed by atoms with Crippen LogP contribution in [0.2, 0.25) is 0 Å². The van der Waals surface area contributed by atoms with Crippen molar-refractivity contribution in [3.63, 3.8) is 0 Å². The van der Waals surface area contributed by atoms with Gasteiger partial charge in [-0.25, -0.2) is 0 Å². The molecule has 0 aromatic carbocycles. The van der Waals surface area contributed by atoms with Gasteiger partial charge in [0.25, 0.3) is 0 Å². The van der Waals surface area contributed by atoms with Crippen LogP contribution in [0, 0.1) is 0 Å². The third kappa shape index (κ3) is 24.4. The topological polar surface area (TPSA) is 41.1 Å². The average molecular weight is 315 g/mol. The summed E-state index contributed by atoms with van der Waals surface area (Å²) in [7, 11) is 0. The Morgan fingerprint density at radius 2 is 1.18 bits per heavy atom. The second kappa shape index (κ2) is 22.7. The summed E-state index contributed by atoms with van der Waals surface area (Å²) >= 11 is 0. The molecule has 0 aromatic heterocycles. The first kappa shape index (κ1) is 23.7. The Bertz CT molecular complexity index is 206. The second-order valence-corrected chi connectivity index (χ2v) is 5.89. The molecule has 134 valence electrons. The van der Waals surface area contributed by atoms with E-state index in [4.69, 9.17) is 0 Å². The number of nitrogens with one attached hydrogen (secondary N) is 2. The van der Waals surface area contributed by atoms with E-state index in [1.807, 2.05) is 0 Å². The Morgan fingerprint density at radius 3 is 1.59 bits per heavy atom. The molecule has 3 nitrogen and oxygen atoms in total. The van der Waals surface area contributed by atoms with Gasteiger partial charge in [0.2, 0.25) is 5.91 Å². The number of rotatable bonds is 14. The van der Waals surface area contributed by atoms with Gasteiger partial charge in [0.1, 0.15) is 0 Å². The normalized spacial score (nSPS) is 10.0. The Balaban J connectivity index is 0. The molecule has 3 heteroatoms. The Hall–Kier alpha value is -0.570. The molecule has 0 aliphatic carbocycles. The maximum Gasteiger partial charge on any atom is 0.219 e. The van der Waals surface area contributed by atoms with Gasteiger partial charge in [-0.3, -0.25) is 4.79 Å². The molecule has 0 saturated carbocycles. The van der Waals surface area contributed by atoms with E-state index < -0.39 is 0 Å². The van der Waals surface area contributed by atoms with Crippen LogP contribution in [0.5, 0.6) is 0 Å². The first-order chi connectivity index (χ1) is 10.7. The zero-order valence-corrected chi connectivity index (χ0v) is 15.8. The lowest BCUT2D eigenvalue weighted by molar-refractivity contribution is -0.121. The van der Waals surface area contributed by atoms with Gasteiger partial charge in [0.05, 0.1) is 0 Å². The Morgan fingerprint density at radius 1 is 0.682 bits per heavy atom. The highest BCUT2D eigenvalue weighted by Crippen LogP contribution is 2.10. The van der Waals surface area contributed by atoms with Crippen molar-refractivity contribution in [3.8, 4) is 0 Å². The van der Waals surface area contributed by atoms with Crippen LogP contribution < -0.4 is 10.6 Å². The van der Waals surface area contributed by atoms with Gasteiger partial charge in [0.15, 0.2) is 0 Å². The Kier molecular flexibility index (Phi) is 24.5. The van der Waals surface area contributed by atoms with Gasteiger partial charge in [-0.05, 0) is 25.9 Å². The summed E-state index contributed by atoms with van der Waals surface area (Å²) in [5, 5.41) is 6.03. The lowest BCUT2D eigenvalue weighted by Crippen LogP contribution is -2.23.